The van der Waals surface area contributed by atoms with Crippen LogP contribution in [-0.4, -0.2) is 56.3 Å². The molecule has 0 aliphatic carbocycles. The van der Waals surface area contributed by atoms with E-state index >= 15 is 0 Å². The smallest absolute Gasteiger partial charge is 0.201 e. The monoisotopic (exact) mass is 412 g/mol. The maximum Gasteiger partial charge on any atom is 0.201 e. The van der Waals surface area contributed by atoms with Crippen LogP contribution in [0.5, 0.6) is 0 Å². The van der Waals surface area contributed by atoms with Crippen molar-refractivity contribution in [2.45, 2.75) is 45.0 Å². The van der Waals surface area contributed by atoms with Gasteiger partial charge in [-0.05, 0) is 13.8 Å². The largest absolute Gasteiger partial charge is 0.386 e. The highest BCUT2D eigenvalue weighted by Crippen LogP contribution is 2.26. The third-order valence-electron chi connectivity index (χ3n) is 4.92. The number of Topliss-reactive ketones (excluding diaryl/α,β-unsaturated/α-hetero) is 4. The fourth-order valence-corrected chi connectivity index (χ4v) is 2.94. The number of aliphatic hydroxyl groups is 3. The SMILES string of the molecule is CC(=O)C(=O)C[C@@](O)(C(=O)c1ccc(C)cc1)[C@H](O)C(O)C(=O)c1ccc(C)cc1. The molecule has 1 unspecified atom stereocenters. The summed E-state index contributed by atoms with van der Waals surface area (Å²) in [5.74, 6) is -4.07. The molecule has 0 heterocycles. The van der Waals surface area contributed by atoms with Crippen LogP contribution in [-0.2, 0) is 9.59 Å². The van der Waals surface area contributed by atoms with Gasteiger partial charge in [0.15, 0.2) is 23.0 Å². The lowest BCUT2D eigenvalue weighted by Gasteiger charge is -2.33. The van der Waals surface area contributed by atoms with Gasteiger partial charge >= 0.3 is 0 Å². The standard InChI is InChI=1S/C23H24O7/c1-13-4-8-16(9-5-13)19(26)20(27)22(29)23(30,12-18(25)15(3)24)21(28)17-10-6-14(2)7-11-17/h4-11,20,22,27,29-30H,12H2,1-3H3/t20?,22-,23-/m1/s1. The second kappa shape index (κ2) is 9.21. The normalized spacial score (nSPS) is 15.0. The summed E-state index contributed by atoms with van der Waals surface area (Å²) in [5.41, 5.74) is -1.19. The predicted molar refractivity (Wildman–Crippen MR) is 108 cm³/mol. The number of aliphatic hydroxyl groups excluding tert-OH is 2. The van der Waals surface area contributed by atoms with E-state index in [0.29, 0.717) is 0 Å². The quantitative estimate of drug-likeness (QED) is 0.419. The van der Waals surface area contributed by atoms with Crippen molar-refractivity contribution in [2.24, 2.45) is 0 Å². The first kappa shape index (κ1) is 23.3. The van der Waals surface area contributed by atoms with Gasteiger partial charge in [0.1, 0.15) is 12.2 Å². The first-order valence-corrected chi connectivity index (χ1v) is 9.32. The van der Waals surface area contributed by atoms with E-state index in [-0.39, 0.29) is 11.1 Å². The van der Waals surface area contributed by atoms with E-state index in [2.05, 4.69) is 0 Å². The summed E-state index contributed by atoms with van der Waals surface area (Å²) in [7, 11) is 0. The van der Waals surface area contributed by atoms with E-state index in [0.717, 1.165) is 18.1 Å². The first-order valence-electron chi connectivity index (χ1n) is 9.32. The molecular weight excluding hydrogens is 388 g/mol. The Bertz CT molecular complexity index is 960. The molecule has 2 aromatic rings. The van der Waals surface area contributed by atoms with E-state index in [1.54, 1.807) is 38.1 Å². The summed E-state index contributed by atoms with van der Waals surface area (Å²) in [6, 6.07) is 12.0. The summed E-state index contributed by atoms with van der Waals surface area (Å²) in [6.07, 6.45) is -5.62. The van der Waals surface area contributed by atoms with E-state index in [9.17, 15) is 34.5 Å². The lowest BCUT2D eigenvalue weighted by atomic mass is 9.79. The Morgan fingerprint density at radius 1 is 0.833 bits per heavy atom. The van der Waals surface area contributed by atoms with Crippen LogP contribution in [0, 0.1) is 13.8 Å². The molecule has 2 rings (SSSR count). The van der Waals surface area contributed by atoms with Gasteiger partial charge in [-0.3, -0.25) is 19.2 Å². The minimum Gasteiger partial charge on any atom is -0.386 e. The highest BCUT2D eigenvalue weighted by molar-refractivity contribution is 6.37. The summed E-state index contributed by atoms with van der Waals surface area (Å²) in [4.78, 5) is 49.0. The van der Waals surface area contributed by atoms with Crippen molar-refractivity contribution in [1.82, 2.24) is 0 Å². The Hall–Kier alpha value is -3.00. The third kappa shape index (κ3) is 4.94. The number of carbonyl (C=O) groups is 4. The molecule has 2 aromatic carbocycles. The maximum atomic E-state index is 13.0. The maximum absolute atomic E-state index is 13.0. The van der Waals surface area contributed by atoms with Crippen LogP contribution in [0.2, 0.25) is 0 Å². The Balaban J connectivity index is 2.43. The predicted octanol–water partition coefficient (Wildman–Crippen LogP) is 1.37. The van der Waals surface area contributed by atoms with Gasteiger partial charge in [-0.15, -0.1) is 0 Å². The number of rotatable bonds is 9. The molecule has 158 valence electrons. The average Bonchev–Trinajstić information content (AvgIpc) is 2.72. The number of ketones is 4. The van der Waals surface area contributed by atoms with E-state index in [1.165, 1.54) is 24.3 Å². The molecule has 0 aliphatic heterocycles. The lowest BCUT2D eigenvalue weighted by Crippen LogP contribution is -2.58. The van der Waals surface area contributed by atoms with Crippen molar-refractivity contribution in [2.75, 3.05) is 0 Å². The number of carbonyl (C=O) groups excluding carboxylic acids is 4. The van der Waals surface area contributed by atoms with Gasteiger partial charge in [-0.1, -0.05) is 59.7 Å². The van der Waals surface area contributed by atoms with E-state index in [1.807, 2.05) is 0 Å². The van der Waals surface area contributed by atoms with Crippen molar-refractivity contribution in [3.05, 3.63) is 70.8 Å². The summed E-state index contributed by atoms with van der Waals surface area (Å²) < 4.78 is 0. The fraction of sp³-hybridized carbons (Fsp3) is 0.304. The minimum absolute atomic E-state index is 0.0477. The van der Waals surface area contributed by atoms with Crippen LogP contribution in [0.15, 0.2) is 48.5 Å². The third-order valence-corrected chi connectivity index (χ3v) is 4.92. The molecule has 0 bridgehead atoms. The molecule has 0 amide bonds. The zero-order valence-electron chi connectivity index (χ0n) is 17.0. The van der Waals surface area contributed by atoms with Gasteiger partial charge in [-0.2, -0.15) is 0 Å². The molecule has 0 saturated carbocycles. The second-order valence-electron chi connectivity index (χ2n) is 7.40. The molecule has 7 heteroatoms. The zero-order valence-corrected chi connectivity index (χ0v) is 17.0. The highest BCUT2D eigenvalue weighted by atomic mass is 16.4. The van der Waals surface area contributed by atoms with Crippen LogP contribution >= 0.6 is 0 Å². The van der Waals surface area contributed by atoms with Gasteiger partial charge in [0.2, 0.25) is 5.78 Å². The van der Waals surface area contributed by atoms with Crippen molar-refractivity contribution >= 4 is 23.1 Å². The molecule has 0 aromatic heterocycles. The van der Waals surface area contributed by atoms with Crippen molar-refractivity contribution in [1.29, 1.82) is 0 Å². The van der Waals surface area contributed by atoms with Gasteiger partial charge in [0, 0.05) is 18.1 Å². The van der Waals surface area contributed by atoms with E-state index < -0.39 is 47.4 Å². The summed E-state index contributed by atoms with van der Waals surface area (Å²) >= 11 is 0. The topological polar surface area (TPSA) is 129 Å². The van der Waals surface area contributed by atoms with Crippen LogP contribution in [0.1, 0.15) is 45.2 Å². The number of benzene rings is 2. The molecule has 7 nitrogen and oxygen atoms in total. The molecule has 3 atom stereocenters. The van der Waals surface area contributed by atoms with Crippen molar-refractivity contribution in [3.63, 3.8) is 0 Å². The van der Waals surface area contributed by atoms with Gasteiger partial charge in [0.05, 0.1) is 6.42 Å². The number of hydrogen-bond donors (Lipinski definition) is 3. The Kier molecular flexibility index (Phi) is 7.15. The van der Waals surface area contributed by atoms with Crippen LogP contribution in [0.25, 0.3) is 0 Å². The molecule has 0 spiro atoms. The molecular formula is C23H24O7. The van der Waals surface area contributed by atoms with Gasteiger partial charge in [-0.25, -0.2) is 0 Å². The Morgan fingerprint density at radius 2 is 1.27 bits per heavy atom. The molecule has 3 N–H and O–H groups in total. The first-order chi connectivity index (χ1) is 14.0. The Morgan fingerprint density at radius 3 is 1.70 bits per heavy atom. The van der Waals surface area contributed by atoms with Gasteiger partial charge in [0.25, 0.3) is 0 Å². The van der Waals surface area contributed by atoms with Crippen LogP contribution in [0.3, 0.4) is 0 Å². The summed E-state index contributed by atoms with van der Waals surface area (Å²) in [5, 5.41) is 32.1. The second-order valence-corrected chi connectivity index (χ2v) is 7.40. The number of aryl methyl sites for hydroxylation is 2. The molecule has 0 radical (unpaired) electrons. The lowest BCUT2D eigenvalue weighted by molar-refractivity contribution is -0.142. The molecule has 0 aliphatic rings. The fourth-order valence-electron chi connectivity index (χ4n) is 2.94. The minimum atomic E-state index is -2.88. The molecule has 0 fully saturated rings. The summed E-state index contributed by atoms with van der Waals surface area (Å²) in [6.45, 7) is 4.53. The zero-order chi connectivity index (χ0) is 22.6. The van der Waals surface area contributed by atoms with Crippen LogP contribution < -0.4 is 0 Å². The van der Waals surface area contributed by atoms with Crippen LogP contribution in [0.4, 0.5) is 0 Å². The highest BCUT2D eigenvalue weighted by Gasteiger charge is 2.50. The number of hydrogen-bond acceptors (Lipinski definition) is 7. The Labute approximate surface area is 174 Å². The molecule has 30 heavy (non-hydrogen) atoms. The molecule has 0 saturated heterocycles. The van der Waals surface area contributed by atoms with Crippen molar-refractivity contribution in [3.8, 4) is 0 Å². The van der Waals surface area contributed by atoms with Gasteiger partial charge < -0.3 is 15.3 Å². The van der Waals surface area contributed by atoms with Crippen molar-refractivity contribution < 1.29 is 34.5 Å². The average molecular weight is 412 g/mol. The van der Waals surface area contributed by atoms with E-state index in [4.69, 9.17) is 0 Å².